The Kier molecular flexibility index (Phi) is 11.2. The lowest BCUT2D eigenvalue weighted by atomic mass is 9.98. The van der Waals surface area contributed by atoms with Gasteiger partial charge < -0.3 is 38.7 Å². The summed E-state index contributed by atoms with van der Waals surface area (Å²) in [6, 6.07) is -3.47. The lowest BCUT2D eigenvalue weighted by Gasteiger charge is -2.24. The van der Waals surface area contributed by atoms with Crippen LogP contribution in [0.3, 0.4) is 0 Å². The number of carboxylic acid groups (broad SMARTS) is 1. The predicted molar refractivity (Wildman–Crippen MR) is 103 cm³/mol. The number of primary amides is 1. The van der Waals surface area contributed by atoms with E-state index in [2.05, 4.69) is 15.6 Å². The first-order chi connectivity index (χ1) is 13.0. The van der Waals surface area contributed by atoms with Crippen LogP contribution in [0.2, 0.25) is 0 Å². The molecule has 0 aliphatic carbocycles. The second-order valence-corrected chi connectivity index (χ2v) is 6.50. The minimum absolute atomic E-state index is 0.0782. The minimum Gasteiger partial charge on any atom is -0.480 e. The summed E-state index contributed by atoms with van der Waals surface area (Å²) in [6.45, 7) is 3.72. The number of carbonyl (C=O) groups is 4. The Balaban J connectivity index is 4.98. The lowest BCUT2D eigenvalue weighted by Crippen LogP contribution is -2.56. The van der Waals surface area contributed by atoms with E-state index in [1.54, 1.807) is 13.8 Å². The number of aliphatic carboxylic acids is 1. The number of guanidine groups is 1. The Bertz CT molecular complexity index is 592. The number of aliphatic imine (C=N–C) groups is 1. The summed E-state index contributed by atoms with van der Waals surface area (Å²) in [6.07, 6.45) is 0.669. The molecule has 12 nitrogen and oxygen atoms in total. The van der Waals surface area contributed by atoms with Crippen molar-refractivity contribution in [2.24, 2.45) is 33.8 Å². The van der Waals surface area contributed by atoms with Crippen molar-refractivity contribution >= 4 is 29.7 Å². The van der Waals surface area contributed by atoms with Crippen LogP contribution in [0.5, 0.6) is 0 Å². The van der Waals surface area contributed by atoms with Crippen molar-refractivity contribution in [3.63, 3.8) is 0 Å². The average Bonchev–Trinajstić information content (AvgIpc) is 2.60. The molecule has 0 radical (unpaired) electrons. The largest absolute Gasteiger partial charge is 0.480 e. The van der Waals surface area contributed by atoms with Crippen molar-refractivity contribution in [2.45, 2.75) is 57.7 Å². The molecular weight excluding hydrogens is 370 g/mol. The number of hydrogen-bond donors (Lipinski definition) is 7. The summed E-state index contributed by atoms with van der Waals surface area (Å²) < 4.78 is 0. The second-order valence-electron chi connectivity index (χ2n) is 6.50. The fourth-order valence-electron chi connectivity index (χ4n) is 2.28. The molecule has 0 fully saturated rings. The molecule has 0 rings (SSSR count). The first kappa shape index (κ1) is 25.1. The van der Waals surface area contributed by atoms with Crippen LogP contribution in [0.4, 0.5) is 0 Å². The van der Waals surface area contributed by atoms with Crippen molar-refractivity contribution in [1.82, 2.24) is 10.6 Å². The van der Waals surface area contributed by atoms with E-state index in [0.29, 0.717) is 12.8 Å². The maximum absolute atomic E-state index is 12.4. The molecule has 0 saturated carbocycles. The number of nitrogens with two attached hydrogens (primary N) is 4. The monoisotopic (exact) mass is 401 g/mol. The molecule has 0 spiro atoms. The van der Waals surface area contributed by atoms with Crippen LogP contribution in [0.25, 0.3) is 0 Å². The van der Waals surface area contributed by atoms with Crippen LogP contribution < -0.4 is 33.6 Å². The van der Waals surface area contributed by atoms with Gasteiger partial charge in [0, 0.05) is 6.54 Å². The fourth-order valence-corrected chi connectivity index (χ4v) is 2.28. The zero-order chi connectivity index (χ0) is 21.9. The molecule has 0 aliphatic heterocycles. The van der Waals surface area contributed by atoms with E-state index in [9.17, 15) is 24.3 Å². The molecule has 0 aromatic heterocycles. The lowest BCUT2D eigenvalue weighted by molar-refractivity contribution is -0.143. The number of nitrogens with zero attached hydrogens (tertiary/aromatic N) is 1. The number of nitrogens with one attached hydrogen (secondary N) is 2. The molecule has 0 aliphatic rings. The van der Waals surface area contributed by atoms with Gasteiger partial charge >= 0.3 is 5.97 Å². The highest BCUT2D eigenvalue weighted by Crippen LogP contribution is 2.09. The molecule has 11 N–H and O–H groups in total. The van der Waals surface area contributed by atoms with Crippen LogP contribution in [0, 0.1) is 5.92 Å². The van der Waals surface area contributed by atoms with Gasteiger partial charge in [-0.05, 0) is 18.8 Å². The quantitative estimate of drug-likeness (QED) is 0.0975. The molecule has 12 heteroatoms. The molecule has 0 heterocycles. The van der Waals surface area contributed by atoms with Crippen molar-refractivity contribution in [1.29, 1.82) is 0 Å². The first-order valence-corrected chi connectivity index (χ1v) is 8.92. The van der Waals surface area contributed by atoms with Crippen LogP contribution in [-0.2, 0) is 19.2 Å². The molecule has 3 amide bonds. The Morgan fingerprint density at radius 2 is 1.68 bits per heavy atom. The Hall–Kier alpha value is -2.89. The summed E-state index contributed by atoms with van der Waals surface area (Å²) >= 11 is 0. The van der Waals surface area contributed by atoms with Gasteiger partial charge in [0.25, 0.3) is 0 Å². The van der Waals surface area contributed by atoms with E-state index in [0.717, 1.165) is 0 Å². The Morgan fingerprint density at radius 3 is 2.14 bits per heavy atom. The smallest absolute Gasteiger partial charge is 0.326 e. The van der Waals surface area contributed by atoms with Gasteiger partial charge in [-0.1, -0.05) is 20.3 Å². The summed E-state index contributed by atoms with van der Waals surface area (Å²) in [5.41, 5.74) is 21.3. The topological polar surface area (TPSA) is 229 Å². The van der Waals surface area contributed by atoms with Gasteiger partial charge in [0.1, 0.15) is 12.1 Å². The predicted octanol–water partition coefficient (Wildman–Crippen LogP) is -2.66. The molecule has 0 aromatic carbocycles. The van der Waals surface area contributed by atoms with Gasteiger partial charge in [-0.2, -0.15) is 0 Å². The number of carboxylic acids is 1. The third kappa shape index (κ3) is 9.71. The van der Waals surface area contributed by atoms with E-state index in [4.69, 9.17) is 22.9 Å². The van der Waals surface area contributed by atoms with E-state index in [1.807, 2.05) is 0 Å². The SMILES string of the molecule is CC[C@H](C)[C@H](NC(=O)[C@H](CC(N)=O)NC(=O)[C@@H](N)CCCN=C(N)N)C(=O)O. The molecule has 4 atom stereocenters. The number of carbonyl (C=O) groups excluding carboxylic acids is 3. The summed E-state index contributed by atoms with van der Waals surface area (Å²) in [4.78, 5) is 51.0. The highest BCUT2D eigenvalue weighted by molar-refractivity contribution is 5.94. The van der Waals surface area contributed by atoms with E-state index in [-0.39, 0.29) is 24.8 Å². The first-order valence-electron chi connectivity index (χ1n) is 8.92. The van der Waals surface area contributed by atoms with Gasteiger partial charge in [0.15, 0.2) is 5.96 Å². The second kappa shape index (κ2) is 12.5. The van der Waals surface area contributed by atoms with Crippen LogP contribution in [0.15, 0.2) is 4.99 Å². The van der Waals surface area contributed by atoms with E-state index < -0.39 is 48.2 Å². The van der Waals surface area contributed by atoms with Gasteiger partial charge in [0.05, 0.1) is 12.5 Å². The van der Waals surface area contributed by atoms with Crippen molar-refractivity contribution < 1.29 is 24.3 Å². The zero-order valence-corrected chi connectivity index (χ0v) is 16.2. The number of rotatable bonds is 13. The zero-order valence-electron chi connectivity index (χ0n) is 16.2. The number of hydrogen-bond acceptors (Lipinski definition) is 6. The maximum Gasteiger partial charge on any atom is 0.326 e. The third-order valence-electron chi connectivity index (χ3n) is 4.12. The van der Waals surface area contributed by atoms with Crippen LogP contribution >= 0.6 is 0 Å². The van der Waals surface area contributed by atoms with Crippen molar-refractivity contribution in [3.8, 4) is 0 Å². The van der Waals surface area contributed by atoms with E-state index >= 15 is 0 Å². The molecule has 0 bridgehead atoms. The van der Waals surface area contributed by atoms with Gasteiger partial charge in [-0.3, -0.25) is 19.4 Å². The van der Waals surface area contributed by atoms with E-state index in [1.165, 1.54) is 0 Å². The molecule has 160 valence electrons. The summed E-state index contributed by atoms with van der Waals surface area (Å²) in [5.74, 6) is -4.00. The molecule has 0 aromatic rings. The Morgan fingerprint density at radius 1 is 1.07 bits per heavy atom. The minimum atomic E-state index is -1.33. The van der Waals surface area contributed by atoms with Crippen molar-refractivity contribution in [2.75, 3.05) is 6.54 Å². The van der Waals surface area contributed by atoms with Crippen molar-refractivity contribution in [3.05, 3.63) is 0 Å². The maximum atomic E-state index is 12.4. The number of amides is 3. The van der Waals surface area contributed by atoms with Gasteiger partial charge in [-0.15, -0.1) is 0 Å². The summed E-state index contributed by atoms with van der Waals surface area (Å²) in [7, 11) is 0. The van der Waals surface area contributed by atoms with Crippen LogP contribution in [0.1, 0.15) is 39.5 Å². The molecular formula is C16H31N7O5. The highest BCUT2D eigenvalue weighted by Gasteiger charge is 2.31. The summed E-state index contributed by atoms with van der Waals surface area (Å²) in [5, 5.41) is 14.0. The normalized spacial score (nSPS) is 14.8. The van der Waals surface area contributed by atoms with Crippen LogP contribution in [-0.4, -0.2) is 59.4 Å². The highest BCUT2D eigenvalue weighted by atomic mass is 16.4. The third-order valence-corrected chi connectivity index (χ3v) is 4.12. The Labute approximate surface area is 163 Å². The van der Waals surface area contributed by atoms with Gasteiger partial charge in [-0.25, -0.2) is 4.79 Å². The standard InChI is InChI=1S/C16H31N7O5/c1-3-8(2)12(15(27)28)23-14(26)10(7-11(18)24)22-13(25)9(17)5-4-6-21-16(19)20/h8-10,12H,3-7,17H2,1-2H3,(H2,18,24)(H,22,25)(H,23,26)(H,27,28)(H4,19,20,21)/t8-,9-,10-,12-/m0/s1. The molecule has 28 heavy (non-hydrogen) atoms. The average molecular weight is 401 g/mol. The fraction of sp³-hybridized carbons (Fsp3) is 0.688. The molecule has 0 saturated heterocycles. The van der Waals surface area contributed by atoms with Gasteiger partial charge in [0.2, 0.25) is 17.7 Å². The molecule has 0 unspecified atom stereocenters.